The summed E-state index contributed by atoms with van der Waals surface area (Å²) < 4.78 is 11.9. The van der Waals surface area contributed by atoms with Crippen LogP contribution in [0.3, 0.4) is 0 Å². The number of amides is 1. The molecule has 2 aliphatic rings. The number of carboxylic acid groups (broad SMARTS) is 1. The zero-order chi connectivity index (χ0) is 27.8. The van der Waals surface area contributed by atoms with Gasteiger partial charge in [-0.1, -0.05) is 13.8 Å². The third-order valence-electron chi connectivity index (χ3n) is 7.12. The fraction of sp³-hybridized carbons (Fsp3) is 0.517. The van der Waals surface area contributed by atoms with Crippen LogP contribution in [0.1, 0.15) is 83.9 Å². The molecule has 0 atom stereocenters. The van der Waals surface area contributed by atoms with E-state index in [0.29, 0.717) is 23.6 Å². The van der Waals surface area contributed by atoms with Gasteiger partial charge in [0, 0.05) is 28.8 Å². The topological polar surface area (TPSA) is 137 Å². The van der Waals surface area contributed by atoms with E-state index < -0.39 is 17.7 Å². The number of benzene rings is 1. The lowest BCUT2D eigenvalue weighted by Crippen LogP contribution is -2.42. The molecule has 0 radical (unpaired) electrons. The van der Waals surface area contributed by atoms with Crippen molar-refractivity contribution < 1.29 is 24.2 Å². The Hall–Kier alpha value is -3.62. The van der Waals surface area contributed by atoms with Gasteiger partial charge >= 0.3 is 12.1 Å². The molecule has 4 rings (SSSR count). The van der Waals surface area contributed by atoms with Gasteiger partial charge in [-0.25, -0.2) is 19.6 Å². The van der Waals surface area contributed by atoms with Crippen LogP contribution >= 0.6 is 0 Å². The van der Waals surface area contributed by atoms with Crippen LogP contribution in [-0.2, 0) is 21.4 Å². The molecule has 1 fully saturated rings. The minimum atomic E-state index is -1.01. The third kappa shape index (κ3) is 5.92. The Kier molecular flexibility index (Phi) is 7.41. The highest BCUT2D eigenvalue weighted by Crippen LogP contribution is 2.48. The van der Waals surface area contributed by atoms with Gasteiger partial charge in [-0.15, -0.1) is 0 Å². The Balaban J connectivity index is 1.62. The Morgan fingerprint density at radius 3 is 2.47 bits per heavy atom. The molecule has 204 valence electrons. The molecule has 2 aliphatic carbocycles. The van der Waals surface area contributed by atoms with Gasteiger partial charge in [0.2, 0.25) is 0 Å². The number of hydrogen-bond acceptors (Lipinski definition) is 7. The molecular formula is C29H38N4O5. The Morgan fingerprint density at radius 2 is 1.84 bits per heavy atom. The first-order chi connectivity index (χ1) is 17.7. The van der Waals surface area contributed by atoms with Gasteiger partial charge in [-0.2, -0.15) is 0 Å². The number of rotatable bonds is 5. The maximum Gasteiger partial charge on any atom is 0.407 e. The second kappa shape index (κ2) is 10.3. The number of ether oxygens (including phenoxy) is 2. The van der Waals surface area contributed by atoms with E-state index in [0.717, 1.165) is 53.6 Å². The first-order valence-electron chi connectivity index (χ1n) is 13.1. The van der Waals surface area contributed by atoms with E-state index in [-0.39, 0.29) is 17.6 Å². The number of carbonyl (C=O) groups is 2. The minimum absolute atomic E-state index is 0.0313. The zero-order valence-corrected chi connectivity index (χ0v) is 23.1. The highest BCUT2D eigenvalue weighted by atomic mass is 16.6. The van der Waals surface area contributed by atoms with Gasteiger partial charge in [0.1, 0.15) is 23.5 Å². The number of carboxylic acids is 1. The SMILES string of the molecule is C/C(=C\C(=O)O)c1c(O[C@H]2CC[C@H](NC(=O)OC(C)(C)C)CC2)ccc2c1CC(C)(C)c1c(N)ncnc1-2. The fourth-order valence-corrected chi connectivity index (χ4v) is 5.60. The Morgan fingerprint density at radius 1 is 1.16 bits per heavy atom. The number of aliphatic carboxylic acids is 1. The summed E-state index contributed by atoms with van der Waals surface area (Å²) in [6.07, 6.45) is 5.93. The predicted molar refractivity (Wildman–Crippen MR) is 146 cm³/mol. The molecule has 0 unspecified atom stereocenters. The fourth-order valence-electron chi connectivity index (χ4n) is 5.60. The van der Waals surface area contributed by atoms with Gasteiger partial charge in [-0.05, 0) is 88.5 Å². The summed E-state index contributed by atoms with van der Waals surface area (Å²) in [4.78, 5) is 32.6. The number of hydrogen-bond donors (Lipinski definition) is 3. The number of carbonyl (C=O) groups excluding carboxylic acids is 1. The standard InChI is InChI=1S/C29H38N4O5/c1-16(13-22(34)35)23-20-14-29(5,6)24-25(31-15-32-26(24)30)19(20)11-12-21(23)37-18-9-7-17(8-10-18)33-27(36)38-28(2,3)4/h11-13,15,17-18H,7-10,14H2,1-6H3,(H,33,36)(H,34,35)(H2,30,31,32)/b16-13+/t17-,18-. The van der Waals surface area contributed by atoms with Crippen LogP contribution in [0.2, 0.25) is 0 Å². The molecule has 9 heteroatoms. The third-order valence-corrected chi connectivity index (χ3v) is 7.12. The highest BCUT2D eigenvalue weighted by molar-refractivity contribution is 5.93. The van der Waals surface area contributed by atoms with Crippen molar-refractivity contribution in [3.8, 4) is 17.0 Å². The summed E-state index contributed by atoms with van der Waals surface area (Å²) in [5.41, 5.74) is 10.4. The van der Waals surface area contributed by atoms with E-state index in [1.54, 1.807) is 6.92 Å². The van der Waals surface area contributed by atoms with Gasteiger partial charge < -0.3 is 25.6 Å². The zero-order valence-electron chi connectivity index (χ0n) is 23.1. The minimum Gasteiger partial charge on any atom is -0.490 e. The van der Waals surface area contributed by atoms with E-state index >= 15 is 0 Å². The van der Waals surface area contributed by atoms with Crippen LogP contribution in [0.4, 0.5) is 10.6 Å². The number of nitrogen functional groups attached to an aromatic ring is 1. The number of fused-ring (bicyclic) bond motifs is 3. The Bertz CT molecular complexity index is 1270. The van der Waals surface area contributed by atoms with E-state index in [2.05, 4.69) is 29.1 Å². The quantitative estimate of drug-likeness (QED) is 0.452. The Labute approximate surface area is 223 Å². The number of nitrogens with zero attached hydrogens (tertiary/aromatic N) is 2. The van der Waals surface area contributed by atoms with Crippen molar-refractivity contribution in [2.24, 2.45) is 0 Å². The highest BCUT2D eigenvalue weighted by Gasteiger charge is 2.37. The number of alkyl carbamates (subject to hydrolysis) is 1. The summed E-state index contributed by atoms with van der Waals surface area (Å²) in [6.45, 7) is 11.5. The summed E-state index contributed by atoms with van der Waals surface area (Å²) in [5.74, 6) is 0.104. The number of nitrogens with one attached hydrogen (secondary N) is 1. The van der Waals surface area contributed by atoms with Gasteiger partial charge in [0.05, 0.1) is 11.8 Å². The molecule has 0 saturated heterocycles. The first kappa shape index (κ1) is 27.4. The first-order valence-corrected chi connectivity index (χ1v) is 13.1. The molecule has 1 heterocycles. The van der Waals surface area contributed by atoms with E-state index in [1.807, 2.05) is 32.9 Å². The van der Waals surface area contributed by atoms with E-state index in [9.17, 15) is 14.7 Å². The van der Waals surface area contributed by atoms with Crippen LogP contribution in [0.15, 0.2) is 24.5 Å². The van der Waals surface area contributed by atoms with E-state index in [1.165, 1.54) is 12.4 Å². The van der Waals surface area contributed by atoms with Crippen molar-refractivity contribution in [3.05, 3.63) is 41.2 Å². The molecule has 0 spiro atoms. The molecule has 9 nitrogen and oxygen atoms in total. The molecule has 0 bridgehead atoms. The summed E-state index contributed by atoms with van der Waals surface area (Å²) in [7, 11) is 0. The molecule has 2 aromatic rings. The van der Waals surface area contributed by atoms with Crippen LogP contribution in [0, 0.1) is 0 Å². The average molecular weight is 523 g/mol. The lowest BCUT2D eigenvalue weighted by atomic mass is 9.70. The number of nitrogens with two attached hydrogens (primary N) is 1. The predicted octanol–water partition coefficient (Wildman–Crippen LogP) is 5.26. The largest absolute Gasteiger partial charge is 0.490 e. The van der Waals surface area contributed by atoms with Crippen molar-refractivity contribution in [3.63, 3.8) is 0 Å². The normalized spacial score (nSPS) is 20.6. The van der Waals surface area contributed by atoms with Crippen molar-refractivity contribution in [1.29, 1.82) is 0 Å². The van der Waals surface area contributed by atoms with Gasteiger partial charge in [0.25, 0.3) is 0 Å². The maximum atomic E-state index is 12.2. The molecular weight excluding hydrogens is 484 g/mol. The molecule has 1 aromatic heterocycles. The second-order valence-corrected chi connectivity index (χ2v) is 11.9. The number of aromatic nitrogens is 2. The summed E-state index contributed by atoms with van der Waals surface area (Å²) in [6, 6.07) is 3.92. The van der Waals surface area contributed by atoms with Crippen LogP contribution < -0.4 is 15.8 Å². The monoisotopic (exact) mass is 522 g/mol. The second-order valence-electron chi connectivity index (χ2n) is 11.9. The number of allylic oxidation sites excluding steroid dienone is 1. The average Bonchev–Trinajstić information content (AvgIpc) is 2.78. The van der Waals surface area contributed by atoms with Crippen LogP contribution in [0.25, 0.3) is 16.8 Å². The molecule has 0 aliphatic heterocycles. The molecule has 4 N–H and O–H groups in total. The molecule has 1 amide bonds. The van der Waals surface area contributed by atoms with E-state index in [4.69, 9.17) is 15.2 Å². The van der Waals surface area contributed by atoms with Crippen LogP contribution in [0.5, 0.6) is 5.75 Å². The lowest BCUT2D eigenvalue weighted by Gasteiger charge is -2.36. The molecule has 1 saturated carbocycles. The van der Waals surface area contributed by atoms with Gasteiger partial charge in [0.15, 0.2) is 0 Å². The summed E-state index contributed by atoms with van der Waals surface area (Å²) >= 11 is 0. The smallest absolute Gasteiger partial charge is 0.407 e. The number of anilines is 1. The van der Waals surface area contributed by atoms with Crippen molar-refractivity contribution in [2.75, 3.05) is 5.73 Å². The van der Waals surface area contributed by atoms with Crippen molar-refractivity contribution in [1.82, 2.24) is 15.3 Å². The van der Waals surface area contributed by atoms with Crippen LogP contribution in [-0.4, -0.2) is 44.9 Å². The van der Waals surface area contributed by atoms with Crippen molar-refractivity contribution in [2.45, 2.75) is 96.8 Å². The lowest BCUT2D eigenvalue weighted by molar-refractivity contribution is -0.131. The maximum absolute atomic E-state index is 12.2. The molecule has 38 heavy (non-hydrogen) atoms. The van der Waals surface area contributed by atoms with Crippen molar-refractivity contribution >= 4 is 23.5 Å². The van der Waals surface area contributed by atoms with Gasteiger partial charge in [-0.3, -0.25) is 0 Å². The summed E-state index contributed by atoms with van der Waals surface area (Å²) in [5, 5.41) is 12.5. The molecule has 1 aromatic carbocycles.